The molecular weight excluding hydrogens is 364 g/mol. The second-order valence-corrected chi connectivity index (χ2v) is 9.14. The molecule has 1 spiro atoms. The molecule has 3 aliphatic heterocycles. The van der Waals surface area contributed by atoms with E-state index in [0.717, 1.165) is 77.4 Å². The van der Waals surface area contributed by atoms with Crippen molar-refractivity contribution in [2.24, 2.45) is 5.41 Å². The number of rotatable bonds is 7. The molecule has 0 aliphatic carbocycles. The van der Waals surface area contributed by atoms with Crippen LogP contribution < -0.4 is 4.74 Å². The molecule has 1 atom stereocenters. The normalized spacial score (nSPS) is 24.9. The number of benzene rings is 1. The van der Waals surface area contributed by atoms with E-state index >= 15 is 0 Å². The maximum atomic E-state index is 12.5. The van der Waals surface area contributed by atoms with Gasteiger partial charge in [0, 0.05) is 38.2 Å². The molecule has 160 valence electrons. The number of hydrogen-bond donors (Lipinski definition) is 0. The average molecular weight is 401 g/mol. The molecule has 1 aromatic carbocycles. The zero-order valence-corrected chi connectivity index (χ0v) is 17.9. The Kier molecular flexibility index (Phi) is 6.76. The molecule has 5 nitrogen and oxygen atoms in total. The maximum Gasteiger partial charge on any atom is 0.222 e. The summed E-state index contributed by atoms with van der Waals surface area (Å²) >= 11 is 0. The van der Waals surface area contributed by atoms with E-state index in [1.54, 1.807) is 0 Å². The predicted octanol–water partition coefficient (Wildman–Crippen LogP) is 3.86. The molecule has 0 saturated carbocycles. The number of nitrogens with zero attached hydrogens (tertiary/aromatic N) is 2. The van der Waals surface area contributed by atoms with Crippen LogP contribution in [0.2, 0.25) is 0 Å². The van der Waals surface area contributed by atoms with Crippen molar-refractivity contribution in [1.82, 2.24) is 9.80 Å². The number of para-hydroxylation sites is 1. The number of hydrogen-bond acceptors (Lipinski definition) is 4. The SMILES string of the molecule is CCCOc1ccccc1CN1CCC2(CCC(=O)N(C[C@H]3CCCO3)C2)CC1. The van der Waals surface area contributed by atoms with Crippen LogP contribution in [0.3, 0.4) is 0 Å². The lowest BCUT2D eigenvalue weighted by atomic mass is 9.72. The molecule has 0 N–H and O–H groups in total. The van der Waals surface area contributed by atoms with Crippen molar-refractivity contribution in [1.29, 1.82) is 0 Å². The molecule has 1 aromatic rings. The van der Waals surface area contributed by atoms with Crippen molar-refractivity contribution in [3.63, 3.8) is 0 Å². The number of piperidine rings is 2. The van der Waals surface area contributed by atoms with Gasteiger partial charge in [0.1, 0.15) is 5.75 Å². The highest BCUT2D eigenvalue weighted by molar-refractivity contribution is 5.77. The molecule has 3 heterocycles. The molecule has 29 heavy (non-hydrogen) atoms. The Labute approximate surface area is 175 Å². The molecule has 4 rings (SSSR count). The zero-order valence-electron chi connectivity index (χ0n) is 17.9. The third-order valence-corrected chi connectivity index (χ3v) is 6.94. The molecule has 0 bridgehead atoms. The molecule has 3 fully saturated rings. The van der Waals surface area contributed by atoms with Crippen LogP contribution in [0.25, 0.3) is 0 Å². The average Bonchev–Trinajstić information content (AvgIpc) is 3.25. The molecule has 5 heteroatoms. The van der Waals surface area contributed by atoms with Crippen LogP contribution in [0.4, 0.5) is 0 Å². The second kappa shape index (κ2) is 9.48. The standard InChI is InChI=1S/C24H36N2O3/c1-2-15-29-22-8-4-3-6-20(22)17-25-13-11-24(12-14-25)10-9-23(27)26(19-24)18-21-7-5-16-28-21/h3-4,6,8,21H,2,5,7,9-19H2,1H3/t21-/m1/s1. The molecule has 0 radical (unpaired) electrons. The minimum Gasteiger partial charge on any atom is -0.493 e. The fourth-order valence-electron chi connectivity index (χ4n) is 5.12. The molecule has 3 aliphatic rings. The van der Waals surface area contributed by atoms with Crippen molar-refractivity contribution in [3.8, 4) is 5.75 Å². The summed E-state index contributed by atoms with van der Waals surface area (Å²) in [5.74, 6) is 1.36. The van der Waals surface area contributed by atoms with E-state index < -0.39 is 0 Å². The lowest BCUT2D eigenvalue weighted by molar-refractivity contribution is -0.141. The highest BCUT2D eigenvalue weighted by Crippen LogP contribution is 2.41. The highest BCUT2D eigenvalue weighted by Gasteiger charge is 2.41. The lowest BCUT2D eigenvalue weighted by Gasteiger charge is -2.48. The predicted molar refractivity (Wildman–Crippen MR) is 114 cm³/mol. The second-order valence-electron chi connectivity index (χ2n) is 9.14. The van der Waals surface area contributed by atoms with Crippen LogP contribution >= 0.6 is 0 Å². The Hall–Kier alpha value is -1.59. The smallest absolute Gasteiger partial charge is 0.222 e. The van der Waals surface area contributed by atoms with E-state index in [1.807, 2.05) is 0 Å². The first kappa shape index (κ1) is 20.7. The first-order valence-electron chi connectivity index (χ1n) is 11.5. The Morgan fingerprint density at radius 1 is 1.21 bits per heavy atom. The van der Waals surface area contributed by atoms with Crippen LogP contribution in [0.1, 0.15) is 57.4 Å². The monoisotopic (exact) mass is 400 g/mol. The minimum absolute atomic E-state index is 0.258. The summed E-state index contributed by atoms with van der Waals surface area (Å²) in [5, 5.41) is 0. The lowest BCUT2D eigenvalue weighted by Crippen LogP contribution is -2.52. The van der Waals surface area contributed by atoms with Crippen molar-refractivity contribution in [2.45, 2.75) is 64.5 Å². The van der Waals surface area contributed by atoms with Gasteiger partial charge in [-0.15, -0.1) is 0 Å². The van der Waals surface area contributed by atoms with Crippen molar-refractivity contribution >= 4 is 5.91 Å². The van der Waals surface area contributed by atoms with Crippen molar-refractivity contribution in [3.05, 3.63) is 29.8 Å². The van der Waals surface area contributed by atoms with E-state index in [9.17, 15) is 4.79 Å². The van der Waals surface area contributed by atoms with Crippen LogP contribution in [-0.4, -0.2) is 61.2 Å². The third-order valence-electron chi connectivity index (χ3n) is 6.94. The van der Waals surface area contributed by atoms with Gasteiger partial charge in [-0.3, -0.25) is 9.69 Å². The Morgan fingerprint density at radius 2 is 2.03 bits per heavy atom. The third kappa shape index (κ3) is 5.13. The Morgan fingerprint density at radius 3 is 2.79 bits per heavy atom. The van der Waals surface area contributed by atoms with Gasteiger partial charge in [0.25, 0.3) is 0 Å². The number of carbonyl (C=O) groups is 1. The van der Waals surface area contributed by atoms with Crippen LogP contribution in [-0.2, 0) is 16.1 Å². The summed E-state index contributed by atoms with van der Waals surface area (Å²) < 4.78 is 11.7. The quantitative estimate of drug-likeness (QED) is 0.697. The topological polar surface area (TPSA) is 42.0 Å². The summed E-state index contributed by atoms with van der Waals surface area (Å²) in [6, 6.07) is 8.45. The van der Waals surface area contributed by atoms with Gasteiger partial charge in [0.2, 0.25) is 5.91 Å². The van der Waals surface area contributed by atoms with Gasteiger partial charge in [-0.1, -0.05) is 25.1 Å². The Bertz CT molecular complexity index is 678. The Balaban J connectivity index is 1.32. The van der Waals surface area contributed by atoms with Gasteiger partial charge in [0.15, 0.2) is 0 Å². The van der Waals surface area contributed by atoms with E-state index in [0.29, 0.717) is 17.7 Å². The summed E-state index contributed by atoms with van der Waals surface area (Å²) in [4.78, 5) is 17.2. The van der Waals surface area contributed by atoms with Gasteiger partial charge >= 0.3 is 0 Å². The maximum absolute atomic E-state index is 12.5. The zero-order chi connectivity index (χ0) is 20.1. The number of amides is 1. The summed E-state index contributed by atoms with van der Waals surface area (Å²) in [6.07, 6.45) is 7.65. The molecule has 3 saturated heterocycles. The summed E-state index contributed by atoms with van der Waals surface area (Å²) in [6.45, 7) is 8.65. The number of ether oxygens (including phenoxy) is 2. The molecule has 1 amide bonds. The van der Waals surface area contributed by atoms with Crippen LogP contribution in [0.15, 0.2) is 24.3 Å². The fraction of sp³-hybridized carbons (Fsp3) is 0.708. The van der Waals surface area contributed by atoms with Gasteiger partial charge < -0.3 is 14.4 Å². The largest absolute Gasteiger partial charge is 0.493 e. The molecule has 0 aromatic heterocycles. The summed E-state index contributed by atoms with van der Waals surface area (Å²) in [5.41, 5.74) is 1.59. The van der Waals surface area contributed by atoms with Gasteiger partial charge in [-0.2, -0.15) is 0 Å². The van der Waals surface area contributed by atoms with Crippen molar-refractivity contribution < 1.29 is 14.3 Å². The summed E-state index contributed by atoms with van der Waals surface area (Å²) in [7, 11) is 0. The van der Waals surface area contributed by atoms with Gasteiger partial charge in [0.05, 0.1) is 12.7 Å². The van der Waals surface area contributed by atoms with Gasteiger partial charge in [-0.25, -0.2) is 0 Å². The fourth-order valence-corrected chi connectivity index (χ4v) is 5.12. The van der Waals surface area contributed by atoms with E-state index in [1.165, 1.54) is 18.4 Å². The van der Waals surface area contributed by atoms with E-state index in [4.69, 9.17) is 9.47 Å². The van der Waals surface area contributed by atoms with E-state index in [2.05, 4.69) is 41.0 Å². The first-order valence-corrected chi connectivity index (χ1v) is 11.5. The van der Waals surface area contributed by atoms with Gasteiger partial charge in [-0.05, 0) is 63.1 Å². The molecular formula is C24H36N2O3. The molecule has 0 unspecified atom stereocenters. The number of likely N-dealkylation sites (tertiary alicyclic amines) is 2. The first-order chi connectivity index (χ1) is 14.2. The number of carbonyl (C=O) groups excluding carboxylic acids is 1. The minimum atomic E-state index is 0.258. The van der Waals surface area contributed by atoms with E-state index in [-0.39, 0.29) is 6.10 Å². The van der Waals surface area contributed by atoms with Crippen LogP contribution in [0.5, 0.6) is 5.75 Å². The highest BCUT2D eigenvalue weighted by atomic mass is 16.5. The van der Waals surface area contributed by atoms with Crippen molar-refractivity contribution in [2.75, 3.05) is 39.4 Å². The van der Waals surface area contributed by atoms with Crippen LogP contribution in [0, 0.1) is 5.41 Å².